The van der Waals surface area contributed by atoms with Gasteiger partial charge >= 0.3 is 6.09 Å². The normalized spacial score (nSPS) is 15.9. The molecule has 0 radical (unpaired) electrons. The van der Waals surface area contributed by atoms with Gasteiger partial charge in [0.1, 0.15) is 16.3 Å². The second-order valence-corrected chi connectivity index (χ2v) is 11.3. The highest BCUT2D eigenvalue weighted by atomic mass is 32.2. The zero-order valence-corrected chi connectivity index (χ0v) is 20.5. The zero-order valence-electron chi connectivity index (χ0n) is 18.9. The van der Waals surface area contributed by atoms with Crippen LogP contribution in [0.2, 0.25) is 0 Å². The third-order valence-electron chi connectivity index (χ3n) is 5.15. The Labute approximate surface area is 190 Å². The highest BCUT2D eigenvalue weighted by Gasteiger charge is 2.29. The van der Waals surface area contributed by atoms with E-state index >= 15 is 0 Å². The van der Waals surface area contributed by atoms with Gasteiger partial charge in [-0.1, -0.05) is 0 Å². The molecule has 2 amide bonds. The van der Waals surface area contributed by atoms with Gasteiger partial charge in [-0.25, -0.2) is 9.78 Å². The molecular formula is C21H30N4O4S2. The van der Waals surface area contributed by atoms with Gasteiger partial charge in [0, 0.05) is 31.1 Å². The van der Waals surface area contributed by atoms with Gasteiger partial charge in [0.25, 0.3) is 5.56 Å². The number of hydrogen-bond acceptors (Lipinski definition) is 7. The molecule has 170 valence electrons. The predicted octanol–water partition coefficient (Wildman–Crippen LogP) is 3.30. The van der Waals surface area contributed by atoms with Crippen molar-refractivity contribution < 1.29 is 14.3 Å². The van der Waals surface area contributed by atoms with E-state index in [1.807, 2.05) is 41.5 Å². The SMILES string of the molecule is Cc1sc2nc(CSC(C)C(=O)N3CCN(C(=O)OC(C)(C)C)CC3)[nH]c(=O)c2c1C. The molecule has 0 saturated carbocycles. The van der Waals surface area contributed by atoms with E-state index in [0.29, 0.717) is 43.1 Å². The molecule has 0 bridgehead atoms. The van der Waals surface area contributed by atoms with Gasteiger partial charge in [0.2, 0.25) is 5.91 Å². The molecule has 1 N–H and O–H groups in total. The Bertz CT molecular complexity index is 1030. The van der Waals surface area contributed by atoms with E-state index in [0.717, 1.165) is 15.3 Å². The van der Waals surface area contributed by atoms with E-state index in [4.69, 9.17) is 4.74 Å². The summed E-state index contributed by atoms with van der Waals surface area (Å²) in [4.78, 5) is 50.1. The fourth-order valence-electron chi connectivity index (χ4n) is 3.34. The monoisotopic (exact) mass is 466 g/mol. The third kappa shape index (κ3) is 5.60. The quantitative estimate of drug-likeness (QED) is 0.743. The number of thioether (sulfide) groups is 1. The molecule has 1 atom stereocenters. The number of piperazine rings is 1. The van der Waals surface area contributed by atoms with Crippen molar-refractivity contribution >= 4 is 45.3 Å². The number of hydrogen-bond donors (Lipinski definition) is 1. The molecule has 1 aliphatic heterocycles. The summed E-state index contributed by atoms with van der Waals surface area (Å²) in [6.07, 6.45) is -0.341. The molecule has 0 aliphatic carbocycles. The Morgan fingerprint density at radius 3 is 2.42 bits per heavy atom. The number of ether oxygens (including phenoxy) is 1. The molecule has 10 heteroatoms. The van der Waals surface area contributed by atoms with Crippen molar-refractivity contribution in [2.45, 2.75) is 58.1 Å². The standard InChI is InChI=1S/C21H30N4O4S2/c1-12-13(2)31-18-16(12)17(26)22-15(23-18)11-30-14(3)19(27)24-7-9-25(10-8-24)20(28)29-21(4,5)6/h14H,7-11H2,1-6H3,(H,22,23,26). The molecule has 2 aromatic rings. The average molecular weight is 467 g/mol. The van der Waals surface area contributed by atoms with E-state index in [1.54, 1.807) is 9.80 Å². The average Bonchev–Trinajstić information content (AvgIpc) is 2.98. The topological polar surface area (TPSA) is 95.6 Å². The second kappa shape index (κ2) is 9.20. The second-order valence-electron chi connectivity index (χ2n) is 8.72. The van der Waals surface area contributed by atoms with Gasteiger partial charge in [-0.15, -0.1) is 23.1 Å². The molecule has 3 rings (SSSR count). The minimum atomic E-state index is -0.534. The van der Waals surface area contributed by atoms with Crippen molar-refractivity contribution in [3.05, 3.63) is 26.6 Å². The minimum absolute atomic E-state index is 0.0278. The number of aromatic nitrogens is 2. The zero-order chi connectivity index (χ0) is 22.9. The first-order chi connectivity index (χ1) is 14.5. The van der Waals surface area contributed by atoms with E-state index in [9.17, 15) is 14.4 Å². The number of aromatic amines is 1. The van der Waals surface area contributed by atoms with Crippen LogP contribution in [-0.2, 0) is 15.3 Å². The van der Waals surface area contributed by atoms with Gasteiger partial charge in [-0.2, -0.15) is 0 Å². The summed E-state index contributed by atoms with van der Waals surface area (Å²) in [6.45, 7) is 13.2. The predicted molar refractivity (Wildman–Crippen MR) is 125 cm³/mol. The van der Waals surface area contributed by atoms with Gasteiger partial charge in [0.15, 0.2) is 0 Å². The lowest BCUT2D eigenvalue weighted by atomic mass is 10.2. The minimum Gasteiger partial charge on any atom is -0.444 e. The Hall–Kier alpha value is -2.07. The molecule has 3 heterocycles. The van der Waals surface area contributed by atoms with Crippen molar-refractivity contribution in [2.75, 3.05) is 26.2 Å². The summed E-state index contributed by atoms with van der Waals surface area (Å²) >= 11 is 2.97. The highest BCUT2D eigenvalue weighted by Crippen LogP contribution is 2.27. The number of thiophene rings is 1. The van der Waals surface area contributed by atoms with Crippen LogP contribution in [0.5, 0.6) is 0 Å². The summed E-state index contributed by atoms with van der Waals surface area (Å²) in [5.41, 5.74) is 0.315. The number of H-pyrrole nitrogens is 1. The number of rotatable bonds is 4. The Balaban J connectivity index is 1.54. The number of carbonyl (C=O) groups excluding carboxylic acids is 2. The smallest absolute Gasteiger partial charge is 0.410 e. The highest BCUT2D eigenvalue weighted by molar-refractivity contribution is 7.99. The molecule has 8 nitrogen and oxygen atoms in total. The van der Waals surface area contributed by atoms with Crippen LogP contribution in [0.15, 0.2) is 4.79 Å². The fourth-order valence-corrected chi connectivity index (χ4v) is 5.22. The Kier molecular flexibility index (Phi) is 7.00. The summed E-state index contributed by atoms with van der Waals surface area (Å²) < 4.78 is 5.40. The number of nitrogens with one attached hydrogen (secondary N) is 1. The van der Waals surface area contributed by atoms with Crippen molar-refractivity contribution in [1.29, 1.82) is 0 Å². The van der Waals surface area contributed by atoms with Gasteiger partial charge in [-0.05, 0) is 47.1 Å². The third-order valence-corrected chi connectivity index (χ3v) is 7.39. The van der Waals surface area contributed by atoms with Gasteiger partial charge in [-0.3, -0.25) is 9.59 Å². The van der Waals surface area contributed by atoms with Gasteiger partial charge in [0.05, 0.1) is 16.4 Å². The van der Waals surface area contributed by atoms with Gasteiger partial charge < -0.3 is 19.5 Å². The number of amides is 2. The molecular weight excluding hydrogens is 436 g/mol. The van der Waals surface area contributed by atoms with E-state index in [-0.39, 0.29) is 22.8 Å². The lowest BCUT2D eigenvalue weighted by Crippen LogP contribution is -2.53. The molecule has 1 fully saturated rings. The molecule has 1 aliphatic rings. The molecule has 0 spiro atoms. The number of nitrogens with zero attached hydrogens (tertiary/aromatic N) is 3. The fraction of sp³-hybridized carbons (Fsp3) is 0.619. The van der Waals surface area contributed by atoms with Crippen molar-refractivity contribution in [3.8, 4) is 0 Å². The first-order valence-electron chi connectivity index (χ1n) is 10.3. The number of aryl methyl sites for hydroxylation is 2. The van der Waals surface area contributed by atoms with E-state index in [1.165, 1.54) is 23.1 Å². The van der Waals surface area contributed by atoms with Crippen LogP contribution in [-0.4, -0.2) is 68.8 Å². The first-order valence-corrected chi connectivity index (χ1v) is 12.2. The van der Waals surface area contributed by atoms with Crippen LogP contribution in [0, 0.1) is 13.8 Å². The Morgan fingerprint density at radius 2 is 1.81 bits per heavy atom. The van der Waals surface area contributed by atoms with Crippen LogP contribution in [0.4, 0.5) is 4.79 Å². The van der Waals surface area contributed by atoms with Crippen LogP contribution >= 0.6 is 23.1 Å². The maximum Gasteiger partial charge on any atom is 0.410 e. The number of carbonyl (C=O) groups is 2. The lowest BCUT2D eigenvalue weighted by Gasteiger charge is -2.36. The Morgan fingerprint density at radius 1 is 1.19 bits per heavy atom. The largest absolute Gasteiger partial charge is 0.444 e. The van der Waals surface area contributed by atoms with E-state index in [2.05, 4.69) is 9.97 Å². The number of fused-ring (bicyclic) bond motifs is 1. The summed E-state index contributed by atoms with van der Waals surface area (Å²) in [5.74, 6) is 1.06. The lowest BCUT2D eigenvalue weighted by molar-refractivity contribution is -0.132. The first kappa shape index (κ1) is 23.6. The molecule has 0 aromatic carbocycles. The van der Waals surface area contributed by atoms with Crippen molar-refractivity contribution in [3.63, 3.8) is 0 Å². The summed E-state index contributed by atoms with van der Waals surface area (Å²) in [7, 11) is 0. The maximum absolute atomic E-state index is 12.8. The van der Waals surface area contributed by atoms with Crippen LogP contribution in [0.1, 0.15) is 44.0 Å². The maximum atomic E-state index is 12.8. The van der Waals surface area contributed by atoms with Crippen LogP contribution in [0.25, 0.3) is 10.2 Å². The van der Waals surface area contributed by atoms with Crippen LogP contribution in [0.3, 0.4) is 0 Å². The summed E-state index contributed by atoms with van der Waals surface area (Å²) in [6, 6.07) is 0. The molecule has 2 aromatic heterocycles. The van der Waals surface area contributed by atoms with Crippen molar-refractivity contribution in [1.82, 2.24) is 19.8 Å². The van der Waals surface area contributed by atoms with Crippen molar-refractivity contribution in [2.24, 2.45) is 0 Å². The molecule has 31 heavy (non-hydrogen) atoms. The summed E-state index contributed by atoms with van der Waals surface area (Å²) in [5, 5.41) is 0.379. The molecule has 1 unspecified atom stereocenters. The van der Waals surface area contributed by atoms with Crippen LogP contribution < -0.4 is 5.56 Å². The van der Waals surface area contributed by atoms with E-state index < -0.39 is 5.60 Å². The molecule has 1 saturated heterocycles.